The lowest BCUT2D eigenvalue weighted by molar-refractivity contribution is 0.501. The van der Waals surface area contributed by atoms with Gasteiger partial charge in [0.2, 0.25) is 0 Å². The standard InChI is InChI=1S/C14H22ClN/c1-11-4-5-13(3)14(8-11)10-16-9-12(2)6-7-15/h4-5,8,12,16H,6-7,9-10H2,1-3H3. The topological polar surface area (TPSA) is 12.0 Å². The normalized spacial score (nSPS) is 12.8. The Morgan fingerprint density at radius 3 is 2.75 bits per heavy atom. The molecule has 0 aliphatic rings. The van der Waals surface area contributed by atoms with Gasteiger partial charge in [-0.1, -0.05) is 30.7 Å². The molecule has 0 fully saturated rings. The fraction of sp³-hybridized carbons (Fsp3) is 0.571. The summed E-state index contributed by atoms with van der Waals surface area (Å²) < 4.78 is 0. The third-order valence-electron chi connectivity index (χ3n) is 2.91. The van der Waals surface area contributed by atoms with E-state index in [1.54, 1.807) is 0 Å². The maximum Gasteiger partial charge on any atom is 0.0226 e. The molecule has 1 aromatic carbocycles. The van der Waals surface area contributed by atoms with Crippen LogP contribution in [0.4, 0.5) is 0 Å². The molecule has 0 saturated heterocycles. The van der Waals surface area contributed by atoms with Crippen molar-refractivity contribution in [2.24, 2.45) is 5.92 Å². The fourth-order valence-electron chi connectivity index (χ4n) is 1.73. The molecule has 1 rings (SSSR count). The monoisotopic (exact) mass is 239 g/mol. The van der Waals surface area contributed by atoms with Crippen LogP contribution < -0.4 is 5.32 Å². The van der Waals surface area contributed by atoms with Crippen molar-refractivity contribution in [3.05, 3.63) is 34.9 Å². The van der Waals surface area contributed by atoms with Gasteiger partial charge in [0.25, 0.3) is 0 Å². The summed E-state index contributed by atoms with van der Waals surface area (Å²) in [6.07, 6.45) is 1.08. The SMILES string of the molecule is Cc1ccc(C)c(CNCC(C)CCCl)c1. The minimum Gasteiger partial charge on any atom is -0.312 e. The van der Waals surface area contributed by atoms with Crippen LogP contribution in [-0.2, 0) is 6.54 Å². The molecule has 0 aliphatic carbocycles. The van der Waals surface area contributed by atoms with Gasteiger partial charge in [0.05, 0.1) is 0 Å². The van der Waals surface area contributed by atoms with E-state index in [2.05, 4.69) is 44.3 Å². The molecule has 0 radical (unpaired) electrons. The van der Waals surface area contributed by atoms with Gasteiger partial charge in [-0.25, -0.2) is 0 Å². The third kappa shape index (κ3) is 4.54. The Morgan fingerprint density at radius 1 is 1.31 bits per heavy atom. The lowest BCUT2D eigenvalue weighted by Gasteiger charge is -2.12. The minimum absolute atomic E-state index is 0.655. The summed E-state index contributed by atoms with van der Waals surface area (Å²) in [6, 6.07) is 6.61. The van der Waals surface area contributed by atoms with Crippen LogP contribution >= 0.6 is 11.6 Å². The van der Waals surface area contributed by atoms with Crippen molar-refractivity contribution in [3.63, 3.8) is 0 Å². The molecule has 1 N–H and O–H groups in total. The van der Waals surface area contributed by atoms with E-state index in [0.717, 1.165) is 25.4 Å². The number of alkyl halides is 1. The molecule has 0 amide bonds. The van der Waals surface area contributed by atoms with E-state index in [1.165, 1.54) is 16.7 Å². The Morgan fingerprint density at radius 2 is 2.06 bits per heavy atom. The predicted molar refractivity (Wildman–Crippen MR) is 72.1 cm³/mol. The van der Waals surface area contributed by atoms with Crippen LogP contribution in [-0.4, -0.2) is 12.4 Å². The molecule has 0 aliphatic heterocycles. The minimum atomic E-state index is 0.655. The van der Waals surface area contributed by atoms with Crippen LogP contribution in [0.5, 0.6) is 0 Å². The Labute approximate surface area is 104 Å². The number of halogens is 1. The number of benzene rings is 1. The Hall–Kier alpha value is -0.530. The van der Waals surface area contributed by atoms with Crippen molar-refractivity contribution in [1.29, 1.82) is 0 Å². The van der Waals surface area contributed by atoms with Crippen LogP contribution in [0.3, 0.4) is 0 Å². The highest BCUT2D eigenvalue weighted by Gasteiger charge is 2.02. The van der Waals surface area contributed by atoms with E-state index in [1.807, 2.05) is 0 Å². The number of nitrogens with one attached hydrogen (secondary N) is 1. The maximum absolute atomic E-state index is 5.71. The van der Waals surface area contributed by atoms with E-state index in [-0.39, 0.29) is 0 Å². The van der Waals surface area contributed by atoms with E-state index in [4.69, 9.17) is 11.6 Å². The number of hydrogen-bond donors (Lipinski definition) is 1. The van der Waals surface area contributed by atoms with E-state index < -0.39 is 0 Å². The highest BCUT2D eigenvalue weighted by Crippen LogP contribution is 2.10. The highest BCUT2D eigenvalue weighted by molar-refractivity contribution is 6.17. The second-order valence-electron chi connectivity index (χ2n) is 4.64. The summed E-state index contributed by atoms with van der Waals surface area (Å²) >= 11 is 5.71. The zero-order valence-corrected chi connectivity index (χ0v) is 11.3. The Kier molecular flexibility index (Phi) is 5.86. The summed E-state index contributed by atoms with van der Waals surface area (Å²) in [5, 5.41) is 3.50. The lowest BCUT2D eigenvalue weighted by Crippen LogP contribution is -2.21. The van der Waals surface area contributed by atoms with E-state index >= 15 is 0 Å². The number of rotatable bonds is 6. The molecule has 0 heterocycles. The van der Waals surface area contributed by atoms with Gasteiger partial charge < -0.3 is 5.32 Å². The Bertz CT molecular complexity index is 323. The average Bonchev–Trinajstić information content (AvgIpc) is 2.23. The maximum atomic E-state index is 5.71. The summed E-state index contributed by atoms with van der Waals surface area (Å²) in [4.78, 5) is 0. The van der Waals surface area contributed by atoms with Gasteiger partial charge in [-0.15, -0.1) is 11.6 Å². The second-order valence-corrected chi connectivity index (χ2v) is 5.02. The molecule has 2 heteroatoms. The van der Waals surface area contributed by atoms with Crippen molar-refractivity contribution in [2.75, 3.05) is 12.4 Å². The molecular formula is C14H22ClN. The largest absolute Gasteiger partial charge is 0.312 e. The molecule has 1 unspecified atom stereocenters. The summed E-state index contributed by atoms with van der Waals surface area (Å²) in [6.45, 7) is 8.54. The smallest absolute Gasteiger partial charge is 0.0226 e. The zero-order chi connectivity index (χ0) is 12.0. The van der Waals surface area contributed by atoms with Gasteiger partial charge in [0.15, 0.2) is 0 Å². The van der Waals surface area contributed by atoms with Crippen LogP contribution in [0.1, 0.15) is 30.0 Å². The number of hydrogen-bond acceptors (Lipinski definition) is 1. The van der Waals surface area contributed by atoms with Crippen LogP contribution in [0.25, 0.3) is 0 Å². The molecule has 0 aromatic heterocycles. The third-order valence-corrected chi connectivity index (χ3v) is 3.13. The summed E-state index contributed by atoms with van der Waals surface area (Å²) in [5.74, 6) is 1.41. The summed E-state index contributed by atoms with van der Waals surface area (Å²) in [5.41, 5.74) is 4.09. The molecule has 90 valence electrons. The zero-order valence-electron chi connectivity index (χ0n) is 10.5. The first-order valence-corrected chi connectivity index (χ1v) is 6.49. The van der Waals surface area contributed by atoms with Crippen molar-refractivity contribution >= 4 is 11.6 Å². The molecule has 1 atom stereocenters. The fourth-order valence-corrected chi connectivity index (χ4v) is 2.10. The molecule has 1 nitrogen and oxygen atoms in total. The first-order valence-electron chi connectivity index (χ1n) is 5.96. The van der Waals surface area contributed by atoms with Crippen molar-refractivity contribution in [2.45, 2.75) is 33.7 Å². The van der Waals surface area contributed by atoms with Gasteiger partial charge in [0, 0.05) is 12.4 Å². The highest BCUT2D eigenvalue weighted by atomic mass is 35.5. The van der Waals surface area contributed by atoms with Crippen LogP contribution in [0.15, 0.2) is 18.2 Å². The summed E-state index contributed by atoms with van der Waals surface area (Å²) in [7, 11) is 0. The molecule has 1 aromatic rings. The van der Waals surface area contributed by atoms with Gasteiger partial charge in [-0.2, -0.15) is 0 Å². The van der Waals surface area contributed by atoms with Crippen molar-refractivity contribution in [1.82, 2.24) is 5.32 Å². The van der Waals surface area contributed by atoms with Crippen LogP contribution in [0, 0.1) is 19.8 Å². The van der Waals surface area contributed by atoms with Crippen molar-refractivity contribution < 1.29 is 0 Å². The van der Waals surface area contributed by atoms with Gasteiger partial charge in [-0.3, -0.25) is 0 Å². The van der Waals surface area contributed by atoms with Gasteiger partial charge >= 0.3 is 0 Å². The van der Waals surface area contributed by atoms with Gasteiger partial charge in [0.1, 0.15) is 0 Å². The second kappa shape index (κ2) is 6.93. The predicted octanol–water partition coefficient (Wildman–Crippen LogP) is 3.66. The molecule has 16 heavy (non-hydrogen) atoms. The quantitative estimate of drug-likeness (QED) is 0.748. The van der Waals surface area contributed by atoms with Crippen LogP contribution in [0.2, 0.25) is 0 Å². The Balaban J connectivity index is 2.39. The number of aryl methyl sites for hydroxylation is 2. The molecule has 0 saturated carbocycles. The van der Waals surface area contributed by atoms with Gasteiger partial charge in [-0.05, 0) is 43.9 Å². The van der Waals surface area contributed by atoms with E-state index in [9.17, 15) is 0 Å². The average molecular weight is 240 g/mol. The molecular weight excluding hydrogens is 218 g/mol. The van der Waals surface area contributed by atoms with E-state index in [0.29, 0.717) is 5.92 Å². The van der Waals surface area contributed by atoms with Crippen molar-refractivity contribution in [3.8, 4) is 0 Å². The first-order chi connectivity index (χ1) is 7.63. The molecule has 0 bridgehead atoms. The molecule has 0 spiro atoms. The lowest BCUT2D eigenvalue weighted by atomic mass is 10.1. The first kappa shape index (κ1) is 13.5.